The molecule has 0 fully saturated rings. The normalized spacial score (nSPS) is 10.5. The van der Waals surface area contributed by atoms with Crippen LogP contribution >= 0.6 is 0 Å². The molecular formula is C15H22N4O3. The van der Waals surface area contributed by atoms with Gasteiger partial charge in [0.15, 0.2) is 0 Å². The number of amides is 3. The molecule has 0 saturated carbocycles. The van der Waals surface area contributed by atoms with Gasteiger partial charge in [0, 0.05) is 24.4 Å². The van der Waals surface area contributed by atoms with Gasteiger partial charge < -0.3 is 16.0 Å². The van der Waals surface area contributed by atoms with Crippen LogP contribution < -0.4 is 16.0 Å². The van der Waals surface area contributed by atoms with Crippen LogP contribution in [0.3, 0.4) is 0 Å². The first-order valence-electron chi connectivity index (χ1n) is 7.10. The van der Waals surface area contributed by atoms with E-state index in [1.807, 2.05) is 0 Å². The van der Waals surface area contributed by atoms with E-state index < -0.39 is 0 Å². The highest BCUT2D eigenvalue weighted by molar-refractivity contribution is 5.99. The Morgan fingerprint density at radius 1 is 0.909 bits per heavy atom. The maximum absolute atomic E-state index is 11.8. The summed E-state index contributed by atoms with van der Waals surface area (Å²) in [6, 6.07) is 2.92. The number of nitrogens with zero attached hydrogens (tertiary/aromatic N) is 1. The summed E-state index contributed by atoms with van der Waals surface area (Å²) in [6.07, 6.45) is 0. The topological polar surface area (TPSA) is 100 Å². The van der Waals surface area contributed by atoms with Crippen molar-refractivity contribution >= 4 is 29.4 Å². The summed E-state index contributed by atoms with van der Waals surface area (Å²) in [5, 5.41) is 7.74. The molecule has 1 heterocycles. The van der Waals surface area contributed by atoms with Crippen molar-refractivity contribution < 1.29 is 14.4 Å². The van der Waals surface area contributed by atoms with Gasteiger partial charge in [-0.05, 0) is 12.1 Å². The van der Waals surface area contributed by atoms with E-state index in [4.69, 9.17) is 0 Å². The highest BCUT2D eigenvalue weighted by Gasteiger charge is 2.15. The molecule has 7 nitrogen and oxygen atoms in total. The van der Waals surface area contributed by atoms with Gasteiger partial charge in [0.05, 0.1) is 0 Å². The second kappa shape index (κ2) is 7.53. The van der Waals surface area contributed by atoms with E-state index in [1.165, 1.54) is 19.2 Å². The number of hydrogen-bond donors (Lipinski definition) is 3. The number of nitrogens with one attached hydrogen (secondary N) is 3. The quantitative estimate of drug-likeness (QED) is 0.769. The van der Waals surface area contributed by atoms with E-state index in [0.717, 1.165) is 0 Å². The second-order valence-corrected chi connectivity index (χ2v) is 5.49. The Morgan fingerprint density at radius 2 is 1.32 bits per heavy atom. The van der Waals surface area contributed by atoms with Crippen LogP contribution in [-0.2, 0) is 9.59 Å². The fraction of sp³-hybridized carbons (Fsp3) is 0.467. The van der Waals surface area contributed by atoms with E-state index in [-0.39, 0.29) is 41.2 Å². The van der Waals surface area contributed by atoms with E-state index in [1.54, 1.807) is 27.7 Å². The van der Waals surface area contributed by atoms with Crippen LogP contribution in [0.2, 0.25) is 0 Å². The molecule has 0 aliphatic rings. The molecule has 0 aliphatic heterocycles. The van der Waals surface area contributed by atoms with E-state index in [2.05, 4.69) is 20.9 Å². The number of aromatic nitrogens is 1. The molecule has 0 unspecified atom stereocenters. The average molecular weight is 306 g/mol. The number of pyridine rings is 1. The zero-order chi connectivity index (χ0) is 16.9. The zero-order valence-corrected chi connectivity index (χ0v) is 13.5. The average Bonchev–Trinajstić information content (AvgIpc) is 2.45. The van der Waals surface area contributed by atoms with Crippen LogP contribution in [0.15, 0.2) is 12.1 Å². The first kappa shape index (κ1) is 17.6. The fourth-order valence-corrected chi connectivity index (χ4v) is 1.48. The first-order valence-corrected chi connectivity index (χ1v) is 7.10. The third kappa shape index (κ3) is 4.83. The Balaban J connectivity index is 3.13. The number of hydrogen-bond acceptors (Lipinski definition) is 4. The van der Waals surface area contributed by atoms with Gasteiger partial charge in [0.25, 0.3) is 5.91 Å². The zero-order valence-electron chi connectivity index (χ0n) is 13.5. The van der Waals surface area contributed by atoms with E-state index >= 15 is 0 Å². The summed E-state index contributed by atoms with van der Waals surface area (Å²) in [7, 11) is 1.50. The minimum atomic E-state index is -0.331. The van der Waals surface area contributed by atoms with Crippen LogP contribution in [-0.4, -0.2) is 29.8 Å². The van der Waals surface area contributed by atoms with Gasteiger partial charge in [0.1, 0.15) is 11.6 Å². The lowest BCUT2D eigenvalue weighted by atomic mass is 10.2. The first-order chi connectivity index (χ1) is 10.2. The lowest BCUT2D eigenvalue weighted by Crippen LogP contribution is -2.23. The molecule has 0 bridgehead atoms. The molecule has 1 rings (SSSR count). The van der Waals surface area contributed by atoms with Crippen LogP contribution in [0.4, 0.5) is 11.6 Å². The summed E-state index contributed by atoms with van der Waals surface area (Å²) < 4.78 is 0. The van der Waals surface area contributed by atoms with Gasteiger partial charge >= 0.3 is 0 Å². The van der Waals surface area contributed by atoms with Crippen molar-refractivity contribution in [3.05, 3.63) is 17.7 Å². The number of rotatable bonds is 5. The predicted octanol–water partition coefficient (Wildman–Crippen LogP) is 1.63. The standard InChI is InChI=1S/C15H22N4O3/c1-8(2)13(20)18-11-6-10(15(22)16-5)7-12(17-11)19-14(21)9(3)4/h6-9H,1-5H3,(H,16,22)(H2,17,18,19,20,21). The molecule has 7 heteroatoms. The van der Waals surface area contributed by atoms with Crippen molar-refractivity contribution in [1.29, 1.82) is 0 Å². The molecule has 22 heavy (non-hydrogen) atoms. The van der Waals surface area contributed by atoms with Crippen molar-refractivity contribution in [3.8, 4) is 0 Å². The predicted molar refractivity (Wildman–Crippen MR) is 84.6 cm³/mol. The molecule has 120 valence electrons. The molecule has 0 spiro atoms. The Morgan fingerprint density at radius 3 is 1.64 bits per heavy atom. The maximum Gasteiger partial charge on any atom is 0.251 e. The largest absolute Gasteiger partial charge is 0.355 e. The molecule has 1 aromatic heterocycles. The Labute approximate surface area is 129 Å². The highest BCUT2D eigenvalue weighted by atomic mass is 16.2. The smallest absolute Gasteiger partial charge is 0.251 e. The molecule has 0 saturated heterocycles. The van der Waals surface area contributed by atoms with Gasteiger partial charge in [-0.1, -0.05) is 27.7 Å². The van der Waals surface area contributed by atoms with Crippen LogP contribution in [0.1, 0.15) is 38.1 Å². The van der Waals surface area contributed by atoms with Crippen molar-refractivity contribution in [1.82, 2.24) is 10.3 Å². The third-order valence-corrected chi connectivity index (χ3v) is 2.87. The summed E-state index contributed by atoms with van der Waals surface area (Å²) in [4.78, 5) is 39.5. The Kier molecular flexibility index (Phi) is 6.03. The SMILES string of the molecule is CNC(=O)c1cc(NC(=O)C(C)C)nc(NC(=O)C(C)C)c1. The molecule has 0 aromatic carbocycles. The minimum Gasteiger partial charge on any atom is -0.355 e. The maximum atomic E-state index is 11.8. The van der Waals surface area contributed by atoms with Crippen molar-refractivity contribution in [2.75, 3.05) is 17.7 Å². The second-order valence-electron chi connectivity index (χ2n) is 5.49. The van der Waals surface area contributed by atoms with Gasteiger partial charge in [-0.2, -0.15) is 0 Å². The fourth-order valence-electron chi connectivity index (χ4n) is 1.48. The monoisotopic (exact) mass is 306 g/mol. The van der Waals surface area contributed by atoms with Crippen LogP contribution in [0.25, 0.3) is 0 Å². The lowest BCUT2D eigenvalue weighted by Gasteiger charge is -2.12. The van der Waals surface area contributed by atoms with Gasteiger partial charge in [0.2, 0.25) is 11.8 Å². The molecule has 3 amide bonds. The van der Waals surface area contributed by atoms with Gasteiger partial charge in [-0.15, -0.1) is 0 Å². The van der Waals surface area contributed by atoms with Crippen molar-refractivity contribution in [2.24, 2.45) is 11.8 Å². The Hall–Kier alpha value is -2.44. The lowest BCUT2D eigenvalue weighted by molar-refractivity contribution is -0.119. The van der Waals surface area contributed by atoms with E-state index in [9.17, 15) is 14.4 Å². The molecule has 0 radical (unpaired) electrons. The molecule has 0 aliphatic carbocycles. The Bertz CT molecular complexity index is 542. The van der Waals surface area contributed by atoms with Crippen LogP contribution in [0.5, 0.6) is 0 Å². The minimum absolute atomic E-state index is 0.220. The highest BCUT2D eigenvalue weighted by Crippen LogP contribution is 2.16. The molecular weight excluding hydrogens is 284 g/mol. The summed E-state index contributed by atoms with van der Waals surface area (Å²) in [6.45, 7) is 7.00. The van der Waals surface area contributed by atoms with Crippen LogP contribution in [0, 0.1) is 11.8 Å². The summed E-state index contributed by atoms with van der Waals surface area (Å²) in [5.74, 6) is -0.774. The van der Waals surface area contributed by atoms with Gasteiger partial charge in [-0.25, -0.2) is 4.98 Å². The molecule has 1 aromatic rings. The molecule has 3 N–H and O–H groups in total. The number of carbonyl (C=O) groups is 3. The molecule has 0 atom stereocenters. The number of carbonyl (C=O) groups excluding carboxylic acids is 3. The summed E-state index contributed by atoms with van der Waals surface area (Å²) in [5.41, 5.74) is 0.301. The van der Waals surface area contributed by atoms with Crippen molar-refractivity contribution in [2.45, 2.75) is 27.7 Å². The van der Waals surface area contributed by atoms with E-state index in [0.29, 0.717) is 5.56 Å². The third-order valence-electron chi connectivity index (χ3n) is 2.87. The number of anilines is 2. The van der Waals surface area contributed by atoms with Crippen molar-refractivity contribution in [3.63, 3.8) is 0 Å². The van der Waals surface area contributed by atoms with Gasteiger partial charge in [-0.3, -0.25) is 14.4 Å². The summed E-state index contributed by atoms with van der Waals surface area (Å²) >= 11 is 0.